The molecule has 1 N–H and O–H groups in total. The van der Waals surface area contributed by atoms with Crippen LogP contribution in [0.1, 0.15) is 37.5 Å². The number of nitrogens with one attached hydrogen (secondary N) is 1. The van der Waals surface area contributed by atoms with Crippen LogP contribution in [0.15, 0.2) is 36.4 Å². The van der Waals surface area contributed by atoms with Gasteiger partial charge in [0, 0.05) is 23.1 Å². The Hall–Kier alpha value is -2.29. The summed E-state index contributed by atoms with van der Waals surface area (Å²) in [5, 5.41) is 3.63. The quantitative estimate of drug-likeness (QED) is 0.477. The zero-order valence-corrected chi connectivity index (χ0v) is 23.3. The number of nitrogens with zero attached hydrogens (tertiary/aromatic N) is 2. The number of sulfonamides is 1. The van der Waals surface area contributed by atoms with Gasteiger partial charge in [0.05, 0.1) is 11.9 Å². The van der Waals surface area contributed by atoms with E-state index in [1.54, 1.807) is 44.2 Å². The molecule has 0 aromatic heterocycles. The van der Waals surface area contributed by atoms with Crippen LogP contribution < -0.4 is 9.62 Å². The van der Waals surface area contributed by atoms with Gasteiger partial charge in [0.25, 0.3) is 0 Å². The highest BCUT2D eigenvalue weighted by Gasteiger charge is 2.31. The third-order valence-electron chi connectivity index (χ3n) is 5.52. The van der Waals surface area contributed by atoms with E-state index in [-0.39, 0.29) is 18.4 Å². The van der Waals surface area contributed by atoms with Crippen LogP contribution in [0.4, 0.5) is 5.69 Å². The first kappa shape index (κ1) is 28.9. The molecule has 2 aromatic rings. The van der Waals surface area contributed by atoms with Gasteiger partial charge in [0.15, 0.2) is 0 Å². The lowest BCUT2D eigenvalue weighted by molar-refractivity contribution is -0.139. The number of amides is 2. The molecule has 2 aromatic carbocycles. The molecule has 0 aliphatic rings. The first-order valence-corrected chi connectivity index (χ1v) is 13.9. The summed E-state index contributed by atoms with van der Waals surface area (Å²) in [4.78, 5) is 27.8. The highest BCUT2D eigenvalue weighted by molar-refractivity contribution is 7.92. The second-order valence-corrected chi connectivity index (χ2v) is 11.9. The average Bonchev–Trinajstić information content (AvgIpc) is 2.75. The number of halogens is 2. The highest BCUT2D eigenvalue weighted by atomic mass is 35.5. The van der Waals surface area contributed by atoms with Crippen LogP contribution in [0.5, 0.6) is 0 Å². The van der Waals surface area contributed by atoms with Crippen molar-refractivity contribution in [2.45, 2.75) is 47.2 Å². The molecule has 0 spiro atoms. The van der Waals surface area contributed by atoms with E-state index >= 15 is 0 Å². The molecule has 2 amide bonds. The molecule has 192 valence electrons. The van der Waals surface area contributed by atoms with Crippen LogP contribution in [0.2, 0.25) is 10.0 Å². The molecule has 35 heavy (non-hydrogen) atoms. The zero-order chi connectivity index (χ0) is 26.5. The number of carbonyl (C=O) groups excluding carboxylic acids is 2. The van der Waals surface area contributed by atoms with E-state index in [1.165, 1.54) is 4.90 Å². The van der Waals surface area contributed by atoms with Crippen molar-refractivity contribution in [3.05, 3.63) is 63.1 Å². The lowest BCUT2D eigenvalue weighted by atomic mass is 10.1. The summed E-state index contributed by atoms with van der Waals surface area (Å²) in [7, 11) is -3.80. The van der Waals surface area contributed by atoms with Crippen molar-refractivity contribution in [1.82, 2.24) is 10.2 Å². The maximum atomic E-state index is 13.6. The molecule has 10 heteroatoms. The largest absolute Gasteiger partial charge is 0.354 e. The fraction of sp³-hybridized carbons (Fsp3) is 0.440. The second-order valence-electron chi connectivity index (χ2n) is 9.13. The SMILES string of the molecule is Cc1ccc(C)c(N(CC(=O)N(Cc2ccc(Cl)cc2Cl)[C@@H](C)C(=O)NCC(C)C)S(C)(=O)=O)c1. The Bertz CT molecular complexity index is 1190. The van der Waals surface area contributed by atoms with E-state index in [0.717, 1.165) is 16.1 Å². The number of rotatable bonds is 10. The van der Waals surface area contributed by atoms with E-state index in [0.29, 0.717) is 33.4 Å². The minimum Gasteiger partial charge on any atom is -0.354 e. The number of anilines is 1. The molecule has 2 rings (SSSR count). The summed E-state index contributed by atoms with van der Waals surface area (Å²) in [6.45, 7) is 9.17. The number of aryl methyl sites for hydroxylation is 2. The predicted molar refractivity (Wildman–Crippen MR) is 142 cm³/mol. The Morgan fingerprint density at radius 3 is 2.26 bits per heavy atom. The topological polar surface area (TPSA) is 86.8 Å². The van der Waals surface area contributed by atoms with Gasteiger partial charge in [-0.3, -0.25) is 13.9 Å². The number of hydrogen-bond acceptors (Lipinski definition) is 4. The molecular formula is C25H33Cl2N3O4S. The van der Waals surface area contributed by atoms with Gasteiger partial charge in [-0.25, -0.2) is 8.42 Å². The predicted octanol–water partition coefficient (Wildman–Crippen LogP) is 4.57. The van der Waals surface area contributed by atoms with Gasteiger partial charge in [-0.15, -0.1) is 0 Å². The van der Waals surface area contributed by atoms with Crippen molar-refractivity contribution in [2.24, 2.45) is 5.92 Å². The van der Waals surface area contributed by atoms with Gasteiger partial charge in [0.1, 0.15) is 12.6 Å². The maximum Gasteiger partial charge on any atom is 0.244 e. The first-order chi connectivity index (χ1) is 16.2. The van der Waals surface area contributed by atoms with Gasteiger partial charge < -0.3 is 10.2 Å². The van der Waals surface area contributed by atoms with E-state index in [9.17, 15) is 18.0 Å². The number of benzene rings is 2. The van der Waals surface area contributed by atoms with Crippen molar-refractivity contribution in [2.75, 3.05) is 23.7 Å². The molecule has 0 radical (unpaired) electrons. The van der Waals surface area contributed by atoms with Crippen molar-refractivity contribution in [3.63, 3.8) is 0 Å². The zero-order valence-electron chi connectivity index (χ0n) is 20.9. The smallest absolute Gasteiger partial charge is 0.244 e. The van der Waals surface area contributed by atoms with Crippen LogP contribution in [0.25, 0.3) is 0 Å². The highest BCUT2D eigenvalue weighted by Crippen LogP contribution is 2.26. The summed E-state index contributed by atoms with van der Waals surface area (Å²) in [5.41, 5.74) is 2.58. The number of hydrogen-bond donors (Lipinski definition) is 1. The normalized spacial score (nSPS) is 12.4. The summed E-state index contributed by atoms with van der Waals surface area (Å²) >= 11 is 12.4. The Morgan fingerprint density at radius 2 is 1.69 bits per heavy atom. The third kappa shape index (κ3) is 8.12. The summed E-state index contributed by atoms with van der Waals surface area (Å²) in [6.07, 6.45) is 1.06. The van der Waals surface area contributed by atoms with Crippen molar-refractivity contribution >= 4 is 50.7 Å². The fourth-order valence-corrected chi connectivity index (χ4v) is 4.82. The molecule has 7 nitrogen and oxygen atoms in total. The Balaban J connectivity index is 2.45. The molecule has 0 bridgehead atoms. The van der Waals surface area contributed by atoms with Gasteiger partial charge in [0.2, 0.25) is 21.8 Å². The maximum absolute atomic E-state index is 13.6. The summed E-state index contributed by atoms with van der Waals surface area (Å²) in [6, 6.07) is 9.42. The van der Waals surface area contributed by atoms with E-state index in [2.05, 4.69) is 5.32 Å². The third-order valence-corrected chi connectivity index (χ3v) is 7.23. The monoisotopic (exact) mass is 541 g/mol. The van der Waals surface area contributed by atoms with Crippen LogP contribution >= 0.6 is 23.2 Å². The average molecular weight is 543 g/mol. The molecule has 0 aliphatic carbocycles. The fourth-order valence-electron chi connectivity index (χ4n) is 3.45. The lowest BCUT2D eigenvalue weighted by Crippen LogP contribution is -2.51. The molecule has 0 saturated carbocycles. The van der Waals surface area contributed by atoms with Gasteiger partial charge >= 0.3 is 0 Å². The first-order valence-electron chi connectivity index (χ1n) is 11.3. The van der Waals surface area contributed by atoms with Crippen LogP contribution in [-0.2, 0) is 26.2 Å². The van der Waals surface area contributed by atoms with E-state index in [4.69, 9.17) is 23.2 Å². The van der Waals surface area contributed by atoms with E-state index < -0.39 is 28.5 Å². The summed E-state index contributed by atoms with van der Waals surface area (Å²) in [5.74, 6) is -0.643. The van der Waals surface area contributed by atoms with Gasteiger partial charge in [-0.1, -0.05) is 55.2 Å². The Morgan fingerprint density at radius 1 is 1.03 bits per heavy atom. The Kier molecular flexibility index (Phi) is 10.0. The molecule has 0 unspecified atom stereocenters. The minimum absolute atomic E-state index is 0.00943. The molecule has 0 saturated heterocycles. The second kappa shape index (κ2) is 12.1. The molecule has 0 aliphatic heterocycles. The van der Waals surface area contributed by atoms with Crippen molar-refractivity contribution < 1.29 is 18.0 Å². The lowest BCUT2D eigenvalue weighted by Gasteiger charge is -2.32. The van der Waals surface area contributed by atoms with E-state index in [1.807, 2.05) is 26.8 Å². The van der Waals surface area contributed by atoms with Gasteiger partial charge in [-0.2, -0.15) is 0 Å². The van der Waals surface area contributed by atoms with Gasteiger partial charge in [-0.05, 0) is 61.6 Å². The van der Waals surface area contributed by atoms with Crippen molar-refractivity contribution in [3.8, 4) is 0 Å². The number of carbonyl (C=O) groups is 2. The molecular weight excluding hydrogens is 509 g/mol. The van der Waals surface area contributed by atoms with Crippen LogP contribution in [0.3, 0.4) is 0 Å². The molecule has 1 atom stereocenters. The van der Waals surface area contributed by atoms with Crippen molar-refractivity contribution in [1.29, 1.82) is 0 Å². The molecule has 0 fully saturated rings. The molecule has 0 heterocycles. The minimum atomic E-state index is -3.80. The Labute approximate surface area is 218 Å². The van der Waals surface area contributed by atoms with Crippen LogP contribution in [0, 0.1) is 19.8 Å². The standard InChI is InChI=1S/C25H33Cl2N3O4S/c1-16(2)13-28-25(32)19(5)29(14-20-9-10-21(26)12-22(20)27)24(31)15-30(35(6,33)34)23-11-17(3)7-8-18(23)4/h7-12,16,19H,13-15H2,1-6H3,(H,28,32)/t19-/m0/s1. The summed E-state index contributed by atoms with van der Waals surface area (Å²) < 4.78 is 26.5. The van der Waals surface area contributed by atoms with Crippen LogP contribution in [-0.4, -0.2) is 50.5 Å².